The fraction of sp³-hybridized carbons (Fsp3) is 0.182. The van der Waals surface area contributed by atoms with E-state index in [0.29, 0.717) is 15.8 Å². The molecule has 0 fully saturated rings. The molecule has 0 atom stereocenters. The predicted octanol–water partition coefficient (Wildman–Crippen LogP) is 0.881. The fourth-order valence-corrected chi connectivity index (χ4v) is 3.77. The van der Waals surface area contributed by atoms with Crippen molar-refractivity contribution in [3.8, 4) is 0 Å². The lowest BCUT2D eigenvalue weighted by Gasteiger charge is -2.04. The molecule has 1 N–H and O–H groups in total. The Morgan fingerprint density at radius 2 is 2.17 bits per heavy atom. The molecular weight excluding hydrogens is 344 g/mol. The summed E-state index contributed by atoms with van der Waals surface area (Å²) < 4.78 is 28.3. The lowest BCUT2D eigenvalue weighted by Crippen LogP contribution is -2.23. The number of fused-ring (bicyclic) bond motifs is 1. The molecule has 2 aromatic heterocycles. The van der Waals surface area contributed by atoms with Gasteiger partial charge in [-0.15, -0.1) is 10.2 Å². The molecule has 0 spiro atoms. The van der Waals surface area contributed by atoms with Gasteiger partial charge in [-0.3, -0.25) is 10.1 Å². The molecule has 0 saturated heterocycles. The normalized spacial score (nSPS) is 11.9. The average molecular weight is 354 g/mol. The van der Waals surface area contributed by atoms with E-state index < -0.39 is 14.9 Å². The summed E-state index contributed by atoms with van der Waals surface area (Å²) in [6.07, 6.45) is 0. The van der Waals surface area contributed by atoms with E-state index in [0.717, 1.165) is 6.07 Å². The van der Waals surface area contributed by atoms with Gasteiger partial charge < -0.3 is 0 Å². The number of sulfonamides is 1. The van der Waals surface area contributed by atoms with Crippen LogP contribution in [0.1, 0.15) is 10.8 Å². The van der Waals surface area contributed by atoms with Crippen LogP contribution in [0.3, 0.4) is 0 Å². The van der Waals surface area contributed by atoms with Gasteiger partial charge in [0.1, 0.15) is 5.01 Å². The van der Waals surface area contributed by atoms with Crippen LogP contribution in [0, 0.1) is 17.0 Å². The number of non-ortho nitro benzene ring substituents is 1. The Kier molecular flexibility index (Phi) is 3.79. The number of nitro benzene ring substituents is 1. The zero-order valence-corrected chi connectivity index (χ0v) is 13.3. The molecule has 0 saturated carbocycles. The third-order valence-electron chi connectivity index (χ3n) is 2.94. The predicted molar refractivity (Wildman–Crippen MR) is 80.5 cm³/mol. The second-order valence-electron chi connectivity index (χ2n) is 4.52. The van der Waals surface area contributed by atoms with Gasteiger partial charge in [0, 0.05) is 12.1 Å². The summed E-state index contributed by atoms with van der Waals surface area (Å²) >= 11 is 1.21. The third-order valence-corrected chi connectivity index (χ3v) is 5.24. The SMILES string of the molecule is Cc1nnc2sc(CNS(=O)(=O)c3cccc([N+](=O)[O-])c3)nn12. The molecule has 0 aliphatic heterocycles. The summed E-state index contributed by atoms with van der Waals surface area (Å²) in [5.41, 5.74) is -0.290. The fourth-order valence-electron chi connectivity index (χ4n) is 1.83. The molecular formula is C11H10N6O4S2. The minimum absolute atomic E-state index is 0.0432. The third kappa shape index (κ3) is 3.04. The van der Waals surface area contributed by atoms with Gasteiger partial charge in [0.25, 0.3) is 5.69 Å². The summed E-state index contributed by atoms with van der Waals surface area (Å²) in [7, 11) is -3.88. The second kappa shape index (κ2) is 5.64. The Labute approximate surface area is 134 Å². The first-order chi connectivity index (χ1) is 10.9. The van der Waals surface area contributed by atoms with Crippen LogP contribution in [0.15, 0.2) is 29.2 Å². The number of benzene rings is 1. The van der Waals surface area contributed by atoms with Crippen molar-refractivity contribution in [2.75, 3.05) is 0 Å². The summed E-state index contributed by atoms with van der Waals surface area (Å²) in [4.78, 5) is 10.5. The maximum Gasteiger partial charge on any atom is 0.270 e. The molecule has 3 rings (SSSR count). The molecule has 10 nitrogen and oxygen atoms in total. The Morgan fingerprint density at radius 3 is 2.87 bits per heavy atom. The van der Waals surface area contributed by atoms with E-state index in [9.17, 15) is 18.5 Å². The number of nitrogens with zero attached hydrogens (tertiary/aromatic N) is 5. The van der Waals surface area contributed by atoms with Crippen LogP contribution in [0.25, 0.3) is 4.96 Å². The van der Waals surface area contributed by atoms with E-state index in [2.05, 4.69) is 20.0 Å². The highest BCUT2D eigenvalue weighted by Crippen LogP contribution is 2.18. The Balaban J connectivity index is 1.80. The highest BCUT2D eigenvalue weighted by Gasteiger charge is 2.18. The monoisotopic (exact) mass is 354 g/mol. The Morgan fingerprint density at radius 1 is 1.39 bits per heavy atom. The first-order valence-corrected chi connectivity index (χ1v) is 8.58. The van der Waals surface area contributed by atoms with Crippen molar-refractivity contribution >= 4 is 32.0 Å². The van der Waals surface area contributed by atoms with Gasteiger partial charge in [-0.2, -0.15) is 9.61 Å². The molecule has 0 unspecified atom stereocenters. The van der Waals surface area contributed by atoms with Crippen LogP contribution in [0.2, 0.25) is 0 Å². The van der Waals surface area contributed by atoms with Gasteiger partial charge in [-0.25, -0.2) is 13.1 Å². The quantitative estimate of drug-likeness (QED) is 0.531. The number of hydrogen-bond donors (Lipinski definition) is 1. The minimum atomic E-state index is -3.88. The van der Waals surface area contributed by atoms with E-state index in [1.54, 1.807) is 6.92 Å². The first-order valence-electron chi connectivity index (χ1n) is 6.29. The van der Waals surface area contributed by atoms with Crippen molar-refractivity contribution in [3.05, 3.63) is 45.2 Å². The van der Waals surface area contributed by atoms with E-state index in [4.69, 9.17) is 0 Å². The average Bonchev–Trinajstić information content (AvgIpc) is 3.08. The summed E-state index contributed by atoms with van der Waals surface area (Å²) in [5.74, 6) is 0.601. The van der Waals surface area contributed by atoms with Crippen LogP contribution in [0.5, 0.6) is 0 Å². The van der Waals surface area contributed by atoms with Crippen molar-refractivity contribution in [1.29, 1.82) is 0 Å². The standard InChI is InChI=1S/C11H10N6O4S2/c1-7-13-14-11-16(7)15-10(22-11)6-12-23(20,21)9-4-2-3-8(5-9)17(18)19/h2-5,12H,6H2,1H3. The number of rotatable bonds is 5. The highest BCUT2D eigenvalue weighted by atomic mass is 32.2. The lowest BCUT2D eigenvalue weighted by atomic mass is 10.3. The number of nitrogens with one attached hydrogen (secondary N) is 1. The van der Waals surface area contributed by atoms with Crippen molar-refractivity contribution in [1.82, 2.24) is 24.5 Å². The molecule has 120 valence electrons. The number of nitro groups is 1. The second-order valence-corrected chi connectivity index (χ2v) is 7.32. The van der Waals surface area contributed by atoms with Crippen molar-refractivity contribution in [3.63, 3.8) is 0 Å². The van der Waals surface area contributed by atoms with Gasteiger partial charge >= 0.3 is 0 Å². The van der Waals surface area contributed by atoms with Gasteiger partial charge in [0.2, 0.25) is 15.0 Å². The smallest absolute Gasteiger partial charge is 0.258 e. The zero-order chi connectivity index (χ0) is 16.6. The zero-order valence-electron chi connectivity index (χ0n) is 11.7. The molecule has 0 aliphatic carbocycles. The topological polar surface area (TPSA) is 132 Å². The van der Waals surface area contributed by atoms with E-state index in [1.165, 1.54) is 34.1 Å². The van der Waals surface area contributed by atoms with Gasteiger partial charge in [0.05, 0.1) is 16.4 Å². The summed E-state index contributed by atoms with van der Waals surface area (Å²) in [6.45, 7) is 1.69. The van der Waals surface area contributed by atoms with E-state index in [1.807, 2.05) is 0 Å². The van der Waals surface area contributed by atoms with Crippen molar-refractivity contribution in [2.45, 2.75) is 18.4 Å². The summed E-state index contributed by atoms with van der Waals surface area (Å²) in [6, 6.07) is 4.84. The maximum atomic E-state index is 12.2. The highest BCUT2D eigenvalue weighted by molar-refractivity contribution is 7.89. The van der Waals surface area contributed by atoms with E-state index >= 15 is 0 Å². The molecule has 0 amide bonds. The molecule has 12 heteroatoms. The Bertz CT molecular complexity index is 993. The molecule has 1 aromatic carbocycles. The molecule has 3 aromatic rings. The van der Waals surface area contributed by atoms with Crippen molar-refractivity contribution < 1.29 is 13.3 Å². The number of aryl methyl sites for hydroxylation is 1. The maximum absolute atomic E-state index is 12.2. The molecule has 0 bridgehead atoms. The largest absolute Gasteiger partial charge is 0.270 e. The first kappa shape index (κ1) is 15.5. The van der Waals surface area contributed by atoms with Crippen LogP contribution in [-0.4, -0.2) is 33.2 Å². The minimum Gasteiger partial charge on any atom is -0.258 e. The molecule has 0 radical (unpaired) electrons. The lowest BCUT2D eigenvalue weighted by molar-refractivity contribution is -0.385. The molecule has 2 heterocycles. The number of aromatic nitrogens is 4. The van der Waals surface area contributed by atoms with Crippen LogP contribution >= 0.6 is 11.3 Å². The van der Waals surface area contributed by atoms with Crippen LogP contribution in [-0.2, 0) is 16.6 Å². The Hall–Kier alpha value is -2.44. The van der Waals surface area contributed by atoms with Crippen LogP contribution in [0.4, 0.5) is 5.69 Å². The van der Waals surface area contributed by atoms with Crippen molar-refractivity contribution in [2.24, 2.45) is 0 Å². The molecule has 23 heavy (non-hydrogen) atoms. The number of hydrogen-bond acceptors (Lipinski definition) is 8. The van der Waals surface area contributed by atoms with Gasteiger partial charge in [-0.1, -0.05) is 17.4 Å². The summed E-state index contributed by atoms with van der Waals surface area (Å²) in [5, 5.41) is 23.2. The molecule has 0 aliphatic rings. The van der Waals surface area contributed by atoms with Gasteiger partial charge in [-0.05, 0) is 13.0 Å². The van der Waals surface area contributed by atoms with Gasteiger partial charge in [0.15, 0.2) is 5.82 Å². The van der Waals surface area contributed by atoms with Crippen LogP contribution < -0.4 is 4.72 Å². The van der Waals surface area contributed by atoms with E-state index in [-0.39, 0.29) is 17.1 Å².